The quantitative estimate of drug-likeness (QED) is 0.407. The van der Waals surface area contributed by atoms with E-state index in [2.05, 4.69) is 14.7 Å². The van der Waals surface area contributed by atoms with Gasteiger partial charge in [0.05, 0.1) is 10.5 Å². The molecule has 4 aromatic rings. The number of halogens is 2. The van der Waals surface area contributed by atoms with E-state index in [9.17, 15) is 8.94 Å². The second-order valence-electron chi connectivity index (χ2n) is 6.65. The van der Waals surface area contributed by atoms with Gasteiger partial charge in [-0.25, -0.2) is 19.1 Å². The zero-order valence-corrected chi connectivity index (χ0v) is 17.6. The van der Waals surface area contributed by atoms with Gasteiger partial charge in [-0.15, -0.1) is 0 Å². The molecule has 0 aliphatic heterocycles. The van der Waals surface area contributed by atoms with Crippen molar-refractivity contribution in [1.82, 2.24) is 9.97 Å². The predicted octanol–water partition coefficient (Wildman–Crippen LogP) is 5.37. The third-order valence-electron chi connectivity index (χ3n) is 4.70. The molecule has 0 fully saturated rings. The van der Waals surface area contributed by atoms with Crippen molar-refractivity contribution in [2.75, 3.05) is 10.5 Å². The smallest absolute Gasteiger partial charge is 0.220 e. The summed E-state index contributed by atoms with van der Waals surface area (Å²) in [6.45, 7) is 2.02. The molecule has 1 heterocycles. The fourth-order valence-electron chi connectivity index (χ4n) is 3.20. The molecule has 0 amide bonds. The maximum absolute atomic E-state index is 14.8. The molecule has 0 saturated carbocycles. The van der Waals surface area contributed by atoms with Crippen LogP contribution in [0.1, 0.15) is 12.5 Å². The highest BCUT2D eigenvalue weighted by molar-refractivity contribution is 7.92. The molecule has 3 N–H and O–H groups in total. The monoisotopic (exact) mass is 440 g/mol. The van der Waals surface area contributed by atoms with E-state index in [-0.39, 0.29) is 11.6 Å². The number of nitrogens with two attached hydrogens (primary N) is 1. The topological polar surface area (TPSA) is 86.9 Å². The zero-order chi connectivity index (χ0) is 21.3. The van der Waals surface area contributed by atoms with Crippen molar-refractivity contribution in [3.63, 3.8) is 0 Å². The van der Waals surface area contributed by atoms with Crippen LogP contribution in [0.4, 0.5) is 16.0 Å². The highest BCUT2D eigenvalue weighted by Gasteiger charge is 2.18. The SMILES string of the molecule is CCc1cc(-c2ccc(N[S+]([O-])c3ccccc3Cl)c(F)c2)cc2cnc(N)nc12. The van der Waals surface area contributed by atoms with Crippen LogP contribution in [-0.2, 0) is 17.8 Å². The summed E-state index contributed by atoms with van der Waals surface area (Å²) in [5.41, 5.74) is 9.16. The first-order valence-corrected chi connectivity index (χ1v) is 10.8. The third-order valence-corrected chi connectivity index (χ3v) is 6.31. The number of hydrogen-bond donors (Lipinski definition) is 2. The molecule has 0 saturated heterocycles. The molecule has 0 bridgehead atoms. The lowest BCUT2D eigenvalue weighted by atomic mass is 9.98. The van der Waals surface area contributed by atoms with Crippen molar-refractivity contribution in [3.8, 4) is 11.1 Å². The second kappa shape index (κ2) is 8.47. The Balaban J connectivity index is 1.66. The van der Waals surface area contributed by atoms with Crippen LogP contribution in [0.5, 0.6) is 0 Å². The molecular formula is C22H18ClFN4OS. The highest BCUT2D eigenvalue weighted by atomic mass is 35.5. The number of benzene rings is 3. The van der Waals surface area contributed by atoms with E-state index in [0.29, 0.717) is 15.5 Å². The molecule has 3 aromatic carbocycles. The summed E-state index contributed by atoms with van der Waals surface area (Å²) in [4.78, 5) is 8.77. The van der Waals surface area contributed by atoms with Crippen molar-refractivity contribution in [2.24, 2.45) is 0 Å². The number of rotatable bonds is 5. The summed E-state index contributed by atoms with van der Waals surface area (Å²) in [5, 5.41) is 1.19. The number of hydrogen-bond acceptors (Lipinski definition) is 5. The number of aryl methyl sites for hydroxylation is 1. The van der Waals surface area contributed by atoms with E-state index < -0.39 is 17.2 Å². The average molecular weight is 441 g/mol. The first-order chi connectivity index (χ1) is 14.5. The third kappa shape index (κ3) is 4.05. The molecule has 30 heavy (non-hydrogen) atoms. The number of nitrogen functional groups attached to an aromatic ring is 1. The largest absolute Gasteiger partial charge is 0.588 e. The van der Waals surface area contributed by atoms with E-state index in [1.54, 1.807) is 42.6 Å². The lowest BCUT2D eigenvalue weighted by Crippen LogP contribution is -2.14. The standard InChI is InChI=1S/C22H18ClFN4OS/c1-2-13-9-15(10-16-12-26-22(25)27-21(13)16)14-7-8-19(18(24)11-14)28-30(29)20-6-4-3-5-17(20)23/h3-12,28H,2H2,1H3,(H2,25,26,27). The maximum atomic E-state index is 14.8. The molecule has 1 unspecified atom stereocenters. The van der Waals surface area contributed by atoms with Crippen LogP contribution < -0.4 is 10.5 Å². The molecule has 0 spiro atoms. The lowest BCUT2D eigenvalue weighted by molar-refractivity contribution is 0.598. The molecule has 1 atom stereocenters. The molecule has 8 heteroatoms. The summed E-state index contributed by atoms with van der Waals surface area (Å²) in [5.74, 6) is -0.294. The molecule has 4 rings (SSSR count). The maximum Gasteiger partial charge on any atom is 0.220 e. The van der Waals surface area contributed by atoms with E-state index in [4.69, 9.17) is 17.3 Å². The minimum atomic E-state index is -1.68. The van der Waals surface area contributed by atoms with Gasteiger partial charge in [0.15, 0.2) is 10.7 Å². The summed E-state index contributed by atoms with van der Waals surface area (Å²) < 4.78 is 30.0. The van der Waals surface area contributed by atoms with Gasteiger partial charge in [0.25, 0.3) is 0 Å². The van der Waals surface area contributed by atoms with Gasteiger partial charge < -0.3 is 10.3 Å². The summed E-state index contributed by atoms with van der Waals surface area (Å²) in [6.07, 6.45) is 2.42. The fourth-order valence-corrected chi connectivity index (χ4v) is 4.46. The van der Waals surface area contributed by atoms with Crippen LogP contribution in [0.15, 0.2) is 65.7 Å². The van der Waals surface area contributed by atoms with E-state index in [1.165, 1.54) is 6.07 Å². The van der Waals surface area contributed by atoms with Crippen LogP contribution >= 0.6 is 11.6 Å². The molecule has 152 valence electrons. The summed E-state index contributed by atoms with van der Waals surface area (Å²) in [6, 6.07) is 15.4. The van der Waals surface area contributed by atoms with Crippen LogP contribution in [0.2, 0.25) is 5.02 Å². The summed E-state index contributed by atoms with van der Waals surface area (Å²) in [7, 11) is 0. The average Bonchev–Trinajstić information content (AvgIpc) is 2.74. The van der Waals surface area contributed by atoms with Crippen LogP contribution in [0, 0.1) is 5.82 Å². The number of aromatic nitrogens is 2. The van der Waals surface area contributed by atoms with Crippen molar-refractivity contribution in [1.29, 1.82) is 0 Å². The normalized spacial score (nSPS) is 12.1. The predicted molar refractivity (Wildman–Crippen MR) is 120 cm³/mol. The van der Waals surface area contributed by atoms with Gasteiger partial charge in [-0.2, -0.15) is 0 Å². The Morgan fingerprint density at radius 1 is 1.13 bits per heavy atom. The van der Waals surface area contributed by atoms with E-state index >= 15 is 0 Å². The molecule has 1 aromatic heterocycles. The minimum Gasteiger partial charge on any atom is -0.588 e. The molecule has 0 aliphatic rings. The van der Waals surface area contributed by atoms with E-state index in [0.717, 1.165) is 28.5 Å². The van der Waals surface area contributed by atoms with Crippen molar-refractivity contribution in [3.05, 3.63) is 77.2 Å². The van der Waals surface area contributed by atoms with Gasteiger partial charge in [-0.3, -0.25) is 0 Å². The zero-order valence-electron chi connectivity index (χ0n) is 16.0. The number of nitrogens with zero attached hydrogens (tertiary/aromatic N) is 2. The van der Waals surface area contributed by atoms with Gasteiger partial charge >= 0.3 is 0 Å². The Morgan fingerprint density at radius 3 is 2.67 bits per heavy atom. The van der Waals surface area contributed by atoms with Crippen LogP contribution in [-0.4, -0.2) is 14.5 Å². The second-order valence-corrected chi connectivity index (χ2v) is 8.24. The Labute approximate surface area is 181 Å². The molecule has 0 radical (unpaired) electrons. The van der Waals surface area contributed by atoms with Gasteiger partial charge in [0.1, 0.15) is 17.0 Å². The Morgan fingerprint density at radius 2 is 1.93 bits per heavy atom. The van der Waals surface area contributed by atoms with Gasteiger partial charge in [0.2, 0.25) is 5.95 Å². The van der Waals surface area contributed by atoms with Gasteiger partial charge in [0, 0.05) is 11.6 Å². The molecule has 0 aliphatic carbocycles. The number of fused-ring (bicyclic) bond motifs is 1. The highest BCUT2D eigenvalue weighted by Crippen LogP contribution is 2.31. The molecule has 5 nitrogen and oxygen atoms in total. The first-order valence-electron chi connectivity index (χ1n) is 9.24. The Bertz CT molecular complexity index is 1240. The van der Waals surface area contributed by atoms with E-state index in [1.807, 2.05) is 19.1 Å². The lowest BCUT2D eigenvalue weighted by Gasteiger charge is -2.14. The van der Waals surface area contributed by atoms with Crippen molar-refractivity contribution < 1.29 is 8.94 Å². The fraction of sp³-hybridized carbons (Fsp3) is 0.0909. The van der Waals surface area contributed by atoms with Crippen molar-refractivity contribution in [2.45, 2.75) is 18.2 Å². The van der Waals surface area contributed by atoms with Crippen LogP contribution in [0.25, 0.3) is 22.0 Å². The van der Waals surface area contributed by atoms with Crippen LogP contribution in [0.3, 0.4) is 0 Å². The number of anilines is 2. The van der Waals surface area contributed by atoms with Gasteiger partial charge in [-0.05, 0) is 59.5 Å². The first kappa shape index (κ1) is 20.4. The van der Waals surface area contributed by atoms with Gasteiger partial charge in [-0.1, -0.05) is 36.7 Å². The minimum absolute atomic E-state index is 0.129. The Kier molecular flexibility index (Phi) is 5.76. The van der Waals surface area contributed by atoms with Crippen molar-refractivity contribution >= 4 is 45.5 Å². The summed E-state index contributed by atoms with van der Waals surface area (Å²) >= 11 is 4.39. The number of nitrogens with one attached hydrogen (secondary N) is 1. The molecular weight excluding hydrogens is 423 g/mol. The Hall–Kier alpha value is -2.87.